The van der Waals surface area contributed by atoms with Crippen LogP contribution in [0.3, 0.4) is 0 Å². The zero-order chi connectivity index (χ0) is 14.5. The summed E-state index contributed by atoms with van der Waals surface area (Å²) in [6, 6.07) is 0. The fraction of sp³-hybridized carbons (Fsp3) is 0.500. The topological polar surface area (TPSA) is 55.6 Å². The van der Waals surface area contributed by atoms with Crippen LogP contribution in [-0.2, 0) is 13.0 Å². The Morgan fingerprint density at radius 3 is 2.70 bits per heavy atom. The first-order valence-electron chi connectivity index (χ1n) is 6.95. The van der Waals surface area contributed by atoms with E-state index in [1.807, 2.05) is 19.6 Å². The third-order valence-corrected chi connectivity index (χ3v) is 3.88. The number of aryl methyl sites for hydroxylation is 2. The van der Waals surface area contributed by atoms with Crippen LogP contribution in [0.5, 0.6) is 0 Å². The van der Waals surface area contributed by atoms with Crippen molar-refractivity contribution >= 4 is 21.7 Å². The highest BCUT2D eigenvalue weighted by Crippen LogP contribution is 2.27. The van der Waals surface area contributed by atoms with E-state index >= 15 is 0 Å². The normalized spacial score (nSPS) is 10.8. The van der Waals surface area contributed by atoms with E-state index < -0.39 is 0 Å². The van der Waals surface area contributed by atoms with Gasteiger partial charge in [0.2, 0.25) is 0 Å². The van der Waals surface area contributed by atoms with Crippen LogP contribution >= 0.6 is 15.9 Å². The monoisotopic (exact) mass is 337 g/mol. The SMILES string of the molecule is CCCc1nc(-c2cncn2CCC)nc(NC)c1Br. The maximum atomic E-state index is 4.70. The summed E-state index contributed by atoms with van der Waals surface area (Å²) >= 11 is 3.58. The Balaban J connectivity index is 2.50. The van der Waals surface area contributed by atoms with E-state index in [-0.39, 0.29) is 0 Å². The van der Waals surface area contributed by atoms with E-state index in [0.717, 1.165) is 53.3 Å². The summed E-state index contributed by atoms with van der Waals surface area (Å²) in [5, 5.41) is 3.12. The highest BCUT2D eigenvalue weighted by Gasteiger charge is 2.14. The fourth-order valence-electron chi connectivity index (χ4n) is 2.10. The number of imidazole rings is 1. The van der Waals surface area contributed by atoms with Crippen molar-refractivity contribution in [2.24, 2.45) is 0 Å². The van der Waals surface area contributed by atoms with Gasteiger partial charge in [0.1, 0.15) is 11.5 Å². The molecule has 0 aromatic carbocycles. The molecule has 0 amide bonds. The number of anilines is 1. The smallest absolute Gasteiger partial charge is 0.180 e. The first-order chi connectivity index (χ1) is 9.71. The average Bonchev–Trinajstić information content (AvgIpc) is 2.90. The van der Waals surface area contributed by atoms with Crippen LogP contribution in [0.1, 0.15) is 32.4 Å². The Morgan fingerprint density at radius 1 is 1.25 bits per heavy atom. The van der Waals surface area contributed by atoms with E-state index in [0.29, 0.717) is 0 Å². The summed E-state index contributed by atoms with van der Waals surface area (Å²) in [6.07, 6.45) is 6.69. The molecule has 108 valence electrons. The van der Waals surface area contributed by atoms with Crippen molar-refractivity contribution in [2.45, 2.75) is 39.7 Å². The molecule has 0 fully saturated rings. The molecular weight excluding hydrogens is 318 g/mol. The molecule has 2 rings (SSSR count). The molecule has 0 bridgehead atoms. The van der Waals surface area contributed by atoms with Gasteiger partial charge in [0.15, 0.2) is 5.82 Å². The van der Waals surface area contributed by atoms with Crippen molar-refractivity contribution in [1.29, 1.82) is 0 Å². The van der Waals surface area contributed by atoms with Crippen molar-refractivity contribution in [3.05, 3.63) is 22.7 Å². The molecule has 0 saturated carbocycles. The van der Waals surface area contributed by atoms with Crippen molar-refractivity contribution in [2.75, 3.05) is 12.4 Å². The van der Waals surface area contributed by atoms with E-state index in [4.69, 9.17) is 4.98 Å². The van der Waals surface area contributed by atoms with Gasteiger partial charge in [-0.2, -0.15) is 0 Å². The lowest BCUT2D eigenvalue weighted by atomic mass is 10.2. The van der Waals surface area contributed by atoms with Gasteiger partial charge < -0.3 is 9.88 Å². The second-order valence-electron chi connectivity index (χ2n) is 4.63. The van der Waals surface area contributed by atoms with Gasteiger partial charge in [-0.3, -0.25) is 0 Å². The molecule has 5 nitrogen and oxygen atoms in total. The predicted octanol–water partition coefficient (Wildman–Crippen LogP) is 3.51. The summed E-state index contributed by atoms with van der Waals surface area (Å²) in [7, 11) is 1.87. The van der Waals surface area contributed by atoms with Crippen LogP contribution in [0.2, 0.25) is 0 Å². The minimum Gasteiger partial charge on any atom is -0.372 e. The molecule has 0 aliphatic heterocycles. The first-order valence-corrected chi connectivity index (χ1v) is 7.75. The quantitative estimate of drug-likeness (QED) is 0.876. The first kappa shape index (κ1) is 15.0. The molecule has 0 saturated heterocycles. The molecule has 2 heterocycles. The number of aromatic nitrogens is 4. The Bertz CT molecular complexity index is 579. The Kier molecular flexibility index (Phi) is 5.11. The van der Waals surface area contributed by atoms with Gasteiger partial charge in [-0.05, 0) is 28.8 Å². The van der Waals surface area contributed by atoms with Crippen molar-refractivity contribution in [1.82, 2.24) is 19.5 Å². The predicted molar refractivity (Wildman–Crippen MR) is 84.8 cm³/mol. The van der Waals surface area contributed by atoms with Crippen molar-refractivity contribution in [3.63, 3.8) is 0 Å². The van der Waals surface area contributed by atoms with Gasteiger partial charge in [0.05, 0.1) is 22.7 Å². The molecule has 20 heavy (non-hydrogen) atoms. The third-order valence-electron chi connectivity index (χ3n) is 3.05. The van der Waals surface area contributed by atoms with Crippen molar-refractivity contribution in [3.8, 4) is 11.5 Å². The maximum Gasteiger partial charge on any atom is 0.180 e. The lowest BCUT2D eigenvalue weighted by Crippen LogP contribution is -2.06. The van der Waals surface area contributed by atoms with Gasteiger partial charge in [0.25, 0.3) is 0 Å². The molecule has 0 unspecified atom stereocenters. The van der Waals surface area contributed by atoms with Crippen LogP contribution in [0, 0.1) is 0 Å². The van der Waals surface area contributed by atoms with Gasteiger partial charge >= 0.3 is 0 Å². The number of hydrogen-bond acceptors (Lipinski definition) is 4. The van der Waals surface area contributed by atoms with E-state index in [2.05, 4.69) is 49.6 Å². The summed E-state index contributed by atoms with van der Waals surface area (Å²) in [5.74, 6) is 1.55. The molecule has 0 aliphatic rings. The average molecular weight is 338 g/mol. The third kappa shape index (κ3) is 3.00. The minimum atomic E-state index is 0.729. The zero-order valence-electron chi connectivity index (χ0n) is 12.1. The van der Waals surface area contributed by atoms with Gasteiger partial charge in [-0.1, -0.05) is 20.3 Å². The largest absolute Gasteiger partial charge is 0.372 e. The number of nitrogens with zero attached hydrogens (tertiary/aromatic N) is 4. The number of nitrogens with one attached hydrogen (secondary N) is 1. The maximum absolute atomic E-state index is 4.70. The Morgan fingerprint density at radius 2 is 2.05 bits per heavy atom. The molecule has 0 aliphatic carbocycles. The van der Waals surface area contributed by atoms with Crippen LogP contribution in [-0.4, -0.2) is 26.6 Å². The second-order valence-corrected chi connectivity index (χ2v) is 5.42. The molecule has 0 atom stereocenters. The molecule has 0 spiro atoms. The summed E-state index contributed by atoms with van der Waals surface area (Å²) < 4.78 is 3.05. The Labute approximate surface area is 128 Å². The van der Waals surface area contributed by atoms with Crippen LogP contribution in [0.4, 0.5) is 5.82 Å². The Hall–Kier alpha value is -1.43. The molecule has 0 radical (unpaired) electrons. The van der Waals surface area contributed by atoms with Crippen LogP contribution in [0.15, 0.2) is 17.0 Å². The van der Waals surface area contributed by atoms with Gasteiger partial charge in [-0.25, -0.2) is 15.0 Å². The minimum absolute atomic E-state index is 0.729. The van der Waals surface area contributed by atoms with Gasteiger partial charge in [0, 0.05) is 13.6 Å². The summed E-state index contributed by atoms with van der Waals surface area (Å²) in [4.78, 5) is 13.5. The highest BCUT2D eigenvalue weighted by molar-refractivity contribution is 9.10. The lowest BCUT2D eigenvalue weighted by molar-refractivity contribution is 0.680. The van der Waals surface area contributed by atoms with E-state index in [1.54, 1.807) is 0 Å². The second kappa shape index (κ2) is 6.83. The fourth-order valence-corrected chi connectivity index (χ4v) is 2.68. The highest BCUT2D eigenvalue weighted by atomic mass is 79.9. The number of hydrogen-bond donors (Lipinski definition) is 1. The number of halogens is 1. The lowest BCUT2D eigenvalue weighted by Gasteiger charge is -2.12. The van der Waals surface area contributed by atoms with Crippen LogP contribution < -0.4 is 5.32 Å². The molecular formula is C14H20BrN5. The molecule has 6 heteroatoms. The van der Waals surface area contributed by atoms with Gasteiger partial charge in [-0.15, -0.1) is 0 Å². The van der Waals surface area contributed by atoms with E-state index in [9.17, 15) is 0 Å². The molecule has 2 aromatic rings. The molecule has 1 N–H and O–H groups in total. The van der Waals surface area contributed by atoms with Crippen molar-refractivity contribution < 1.29 is 0 Å². The standard InChI is InChI=1S/C14H20BrN5/c1-4-6-10-12(15)14(16-3)19-13(18-10)11-8-17-9-20(11)7-5-2/h8-9H,4-7H2,1-3H3,(H,16,18,19). The summed E-state index contributed by atoms with van der Waals surface area (Å²) in [5.41, 5.74) is 2.00. The molecule has 2 aromatic heterocycles. The number of rotatable bonds is 6. The summed E-state index contributed by atoms with van der Waals surface area (Å²) in [6.45, 7) is 5.22. The zero-order valence-corrected chi connectivity index (χ0v) is 13.7. The van der Waals surface area contributed by atoms with Crippen LogP contribution in [0.25, 0.3) is 11.5 Å². The van der Waals surface area contributed by atoms with E-state index in [1.165, 1.54) is 0 Å².